The van der Waals surface area contributed by atoms with Gasteiger partial charge in [0.05, 0.1) is 0 Å². The number of aromatic nitrogens is 1. The number of carbonyl (C=O) groups is 2. The lowest BCUT2D eigenvalue weighted by atomic mass is 10.1. The number of carbonyl (C=O) groups excluding carboxylic acids is 2. The van der Waals surface area contributed by atoms with Crippen molar-refractivity contribution in [2.75, 3.05) is 7.05 Å². The largest absolute Gasteiger partial charge is 0.483 e. The Morgan fingerprint density at radius 1 is 1.28 bits per heavy atom. The minimum atomic E-state index is -0.625. The molecule has 3 N–H and O–H groups in total. The molecule has 6 nitrogen and oxygen atoms in total. The molecule has 132 valence electrons. The maximum atomic E-state index is 13.9. The molecule has 0 unspecified atom stereocenters. The van der Waals surface area contributed by atoms with E-state index in [2.05, 4.69) is 15.6 Å². The molecule has 0 aliphatic heterocycles. The molecule has 1 saturated carbocycles. The van der Waals surface area contributed by atoms with Gasteiger partial charge in [-0.05, 0) is 25.8 Å². The second-order valence-electron chi connectivity index (χ2n) is 6.03. The fourth-order valence-corrected chi connectivity index (χ4v) is 2.49. The smallest absolute Gasteiger partial charge is 0.271 e. The van der Waals surface area contributed by atoms with Crippen molar-refractivity contribution in [2.45, 2.75) is 31.9 Å². The van der Waals surface area contributed by atoms with Crippen LogP contribution in [-0.2, 0) is 0 Å². The van der Waals surface area contributed by atoms with Gasteiger partial charge in [-0.2, -0.15) is 0 Å². The van der Waals surface area contributed by atoms with Crippen molar-refractivity contribution in [3.63, 3.8) is 0 Å². The number of aromatic amines is 1. The average molecular weight is 345 g/mol. The standard InChI is InChI=1S/C18H20FN3O3/c1-10(12-5-3-4-6-13(12)19)25-15-9-14(17(23)21-11-7-8-11)22-16(15)18(24)20-2/h3-6,9-11,22H,7-8H2,1-2H3,(H,20,24)(H,21,23)/t10-/m1/s1. The van der Waals surface area contributed by atoms with Crippen LogP contribution in [0.1, 0.15) is 52.4 Å². The van der Waals surface area contributed by atoms with Crippen molar-refractivity contribution in [2.24, 2.45) is 0 Å². The molecule has 25 heavy (non-hydrogen) atoms. The molecular formula is C18H20FN3O3. The van der Waals surface area contributed by atoms with Gasteiger partial charge < -0.3 is 20.4 Å². The molecule has 1 aliphatic rings. The van der Waals surface area contributed by atoms with Crippen LogP contribution in [0.5, 0.6) is 5.75 Å². The molecule has 1 aromatic carbocycles. The van der Waals surface area contributed by atoms with Crippen LogP contribution in [0.25, 0.3) is 0 Å². The molecule has 2 amide bonds. The zero-order chi connectivity index (χ0) is 18.0. The van der Waals surface area contributed by atoms with Crippen LogP contribution in [0.2, 0.25) is 0 Å². The highest BCUT2D eigenvalue weighted by Crippen LogP contribution is 2.28. The summed E-state index contributed by atoms with van der Waals surface area (Å²) < 4.78 is 19.7. The molecule has 1 fully saturated rings. The molecule has 1 aromatic heterocycles. The van der Waals surface area contributed by atoms with Gasteiger partial charge in [0.25, 0.3) is 11.8 Å². The number of hydrogen-bond acceptors (Lipinski definition) is 3. The number of halogens is 1. The van der Waals surface area contributed by atoms with Gasteiger partial charge in [-0.1, -0.05) is 18.2 Å². The monoisotopic (exact) mass is 345 g/mol. The van der Waals surface area contributed by atoms with Crippen LogP contribution in [0.3, 0.4) is 0 Å². The predicted octanol–water partition coefficient (Wildman–Crippen LogP) is 2.55. The van der Waals surface area contributed by atoms with E-state index in [1.807, 2.05) is 0 Å². The van der Waals surface area contributed by atoms with E-state index >= 15 is 0 Å². The first-order chi connectivity index (χ1) is 12.0. The number of H-pyrrole nitrogens is 1. The Morgan fingerprint density at radius 3 is 2.64 bits per heavy atom. The minimum absolute atomic E-state index is 0.131. The molecule has 2 aromatic rings. The Hall–Kier alpha value is -2.83. The third kappa shape index (κ3) is 3.81. The Bertz CT molecular complexity index is 799. The van der Waals surface area contributed by atoms with Crippen molar-refractivity contribution in [3.05, 3.63) is 53.1 Å². The van der Waals surface area contributed by atoms with E-state index in [-0.39, 0.29) is 29.1 Å². The summed E-state index contributed by atoms with van der Waals surface area (Å²) in [5, 5.41) is 5.34. The summed E-state index contributed by atoms with van der Waals surface area (Å²) in [5.74, 6) is -0.892. The average Bonchev–Trinajstić information content (AvgIpc) is 3.31. The third-order valence-electron chi connectivity index (χ3n) is 4.04. The van der Waals surface area contributed by atoms with Crippen LogP contribution in [0.4, 0.5) is 4.39 Å². The van der Waals surface area contributed by atoms with E-state index in [0.717, 1.165) is 12.8 Å². The topological polar surface area (TPSA) is 83.2 Å². The number of amides is 2. The number of rotatable bonds is 6. The molecule has 7 heteroatoms. The van der Waals surface area contributed by atoms with Gasteiger partial charge >= 0.3 is 0 Å². The Morgan fingerprint density at radius 2 is 2.00 bits per heavy atom. The van der Waals surface area contributed by atoms with Gasteiger partial charge in [-0.15, -0.1) is 0 Å². The molecule has 0 radical (unpaired) electrons. The van der Waals surface area contributed by atoms with Crippen LogP contribution >= 0.6 is 0 Å². The van der Waals surface area contributed by atoms with Gasteiger partial charge in [0, 0.05) is 24.7 Å². The van der Waals surface area contributed by atoms with Gasteiger partial charge in [0.15, 0.2) is 5.75 Å². The van der Waals surface area contributed by atoms with Crippen molar-refractivity contribution < 1.29 is 18.7 Å². The maximum Gasteiger partial charge on any atom is 0.271 e. The van der Waals surface area contributed by atoms with Crippen molar-refractivity contribution in [1.29, 1.82) is 0 Å². The summed E-state index contributed by atoms with van der Waals surface area (Å²) >= 11 is 0. The Kier molecular flexibility index (Phi) is 4.74. The summed E-state index contributed by atoms with van der Waals surface area (Å²) in [6.45, 7) is 1.68. The molecule has 0 bridgehead atoms. The second-order valence-corrected chi connectivity index (χ2v) is 6.03. The molecule has 0 saturated heterocycles. The lowest BCUT2D eigenvalue weighted by molar-refractivity contribution is 0.0946. The molecule has 3 rings (SSSR count). The number of benzene rings is 1. The number of hydrogen-bond donors (Lipinski definition) is 3. The van der Waals surface area contributed by atoms with Crippen molar-refractivity contribution >= 4 is 11.8 Å². The summed E-state index contributed by atoms with van der Waals surface area (Å²) in [6, 6.07) is 7.94. The Balaban J connectivity index is 1.85. The van der Waals surface area contributed by atoms with E-state index in [9.17, 15) is 14.0 Å². The first-order valence-electron chi connectivity index (χ1n) is 8.16. The molecule has 1 atom stereocenters. The zero-order valence-electron chi connectivity index (χ0n) is 14.1. The normalized spacial score (nSPS) is 14.7. The predicted molar refractivity (Wildman–Crippen MR) is 90.1 cm³/mol. The highest BCUT2D eigenvalue weighted by atomic mass is 19.1. The second kappa shape index (κ2) is 6.96. The maximum absolute atomic E-state index is 13.9. The van der Waals surface area contributed by atoms with E-state index < -0.39 is 17.8 Å². The van der Waals surface area contributed by atoms with Crippen LogP contribution in [0.15, 0.2) is 30.3 Å². The van der Waals surface area contributed by atoms with E-state index in [1.54, 1.807) is 25.1 Å². The van der Waals surface area contributed by atoms with Gasteiger partial charge in [-0.25, -0.2) is 4.39 Å². The summed E-state index contributed by atoms with van der Waals surface area (Å²) in [4.78, 5) is 27.0. The van der Waals surface area contributed by atoms with Crippen molar-refractivity contribution in [1.82, 2.24) is 15.6 Å². The lowest BCUT2D eigenvalue weighted by Gasteiger charge is -2.15. The fraction of sp³-hybridized carbons (Fsp3) is 0.333. The molecular weight excluding hydrogens is 325 g/mol. The highest BCUT2D eigenvalue weighted by Gasteiger charge is 2.27. The highest BCUT2D eigenvalue weighted by molar-refractivity contribution is 5.99. The van der Waals surface area contributed by atoms with Gasteiger partial charge in [0.2, 0.25) is 0 Å². The first kappa shape index (κ1) is 17.0. The van der Waals surface area contributed by atoms with Crippen LogP contribution in [-0.4, -0.2) is 29.9 Å². The van der Waals surface area contributed by atoms with Crippen molar-refractivity contribution in [3.8, 4) is 5.75 Å². The Labute approximate surface area is 144 Å². The summed E-state index contributed by atoms with van der Waals surface area (Å²) in [5.41, 5.74) is 0.739. The van der Waals surface area contributed by atoms with Gasteiger partial charge in [-0.3, -0.25) is 9.59 Å². The third-order valence-corrected chi connectivity index (χ3v) is 4.04. The zero-order valence-corrected chi connectivity index (χ0v) is 14.1. The van der Waals surface area contributed by atoms with E-state index in [0.29, 0.717) is 5.56 Å². The SMILES string of the molecule is CNC(=O)c1[nH]c(C(=O)NC2CC2)cc1O[C@H](C)c1ccccc1F. The number of nitrogens with one attached hydrogen (secondary N) is 3. The van der Waals surface area contributed by atoms with E-state index in [1.165, 1.54) is 19.2 Å². The molecule has 1 aliphatic carbocycles. The molecule has 1 heterocycles. The summed E-state index contributed by atoms with van der Waals surface area (Å²) in [6.07, 6.45) is 1.30. The van der Waals surface area contributed by atoms with Gasteiger partial charge in [0.1, 0.15) is 23.3 Å². The first-order valence-corrected chi connectivity index (χ1v) is 8.16. The minimum Gasteiger partial charge on any atom is -0.483 e. The number of ether oxygens (including phenoxy) is 1. The van der Waals surface area contributed by atoms with E-state index in [4.69, 9.17) is 4.74 Å². The quantitative estimate of drug-likeness (QED) is 0.752. The van der Waals surface area contributed by atoms with Crippen LogP contribution in [0, 0.1) is 5.82 Å². The molecule has 0 spiro atoms. The van der Waals surface area contributed by atoms with Crippen LogP contribution < -0.4 is 15.4 Å². The fourth-order valence-electron chi connectivity index (χ4n) is 2.49. The summed E-state index contributed by atoms with van der Waals surface area (Å²) in [7, 11) is 1.48. The lowest BCUT2D eigenvalue weighted by Crippen LogP contribution is -2.26.